The summed E-state index contributed by atoms with van der Waals surface area (Å²) in [4.78, 5) is 14.8. The van der Waals surface area contributed by atoms with Crippen molar-refractivity contribution in [3.63, 3.8) is 0 Å². The number of likely N-dealkylation sites (tertiary alicyclic amines) is 1. The van der Waals surface area contributed by atoms with Crippen molar-refractivity contribution in [3.8, 4) is 17.2 Å². The molecule has 0 saturated carbocycles. The number of hydrogen-bond acceptors (Lipinski definition) is 4. The van der Waals surface area contributed by atoms with E-state index in [1.54, 1.807) is 7.11 Å². The fourth-order valence-electron chi connectivity index (χ4n) is 4.73. The molecule has 0 radical (unpaired) electrons. The van der Waals surface area contributed by atoms with Crippen LogP contribution in [0.15, 0.2) is 60.8 Å². The molecule has 2 N–H and O–H groups in total. The number of urea groups is 1. The van der Waals surface area contributed by atoms with Crippen molar-refractivity contribution in [2.45, 2.75) is 25.3 Å². The van der Waals surface area contributed by atoms with Crippen LogP contribution in [-0.4, -0.2) is 42.3 Å². The fraction of sp³-hybridized carbons (Fsp3) is 0.320. The first-order valence-corrected chi connectivity index (χ1v) is 11.0. The van der Waals surface area contributed by atoms with E-state index in [1.165, 1.54) is 5.69 Å². The Kier molecular flexibility index (Phi) is 5.17. The third kappa shape index (κ3) is 3.53. The number of piperidine rings is 1. The molecule has 3 aromatic rings. The Balaban J connectivity index is 1.30. The van der Waals surface area contributed by atoms with Crippen LogP contribution in [0.2, 0.25) is 0 Å². The first kappa shape index (κ1) is 20.3. The first-order chi connectivity index (χ1) is 15.6. The van der Waals surface area contributed by atoms with E-state index in [0.29, 0.717) is 19.7 Å². The van der Waals surface area contributed by atoms with Gasteiger partial charge in [-0.2, -0.15) is 0 Å². The normalized spacial score (nSPS) is 16.0. The summed E-state index contributed by atoms with van der Waals surface area (Å²) in [7, 11) is 1.68. The Labute approximate surface area is 187 Å². The number of rotatable bonds is 4. The van der Waals surface area contributed by atoms with Crippen LogP contribution < -0.4 is 20.1 Å². The maximum Gasteiger partial charge on any atom is 0.321 e. The number of anilines is 2. The topological polar surface area (TPSA) is 67.8 Å². The summed E-state index contributed by atoms with van der Waals surface area (Å²) in [6.07, 6.45) is 3.75. The number of aromatic nitrogens is 1. The molecule has 1 spiro atoms. The van der Waals surface area contributed by atoms with E-state index in [1.807, 2.05) is 48.2 Å². The Morgan fingerprint density at radius 1 is 1.09 bits per heavy atom. The van der Waals surface area contributed by atoms with Crippen molar-refractivity contribution in [1.82, 2.24) is 9.47 Å². The fourth-order valence-corrected chi connectivity index (χ4v) is 4.73. The van der Waals surface area contributed by atoms with Gasteiger partial charge in [0.25, 0.3) is 0 Å². The summed E-state index contributed by atoms with van der Waals surface area (Å²) < 4.78 is 13.2. The average Bonchev–Trinajstić information content (AvgIpc) is 3.32. The van der Waals surface area contributed by atoms with Crippen LogP contribution in [-0.2, 0) is 5.54 Å². The highest BCUT2D eigenvalue weighted by Gasteiger charge is 2.42. The van der Waals surface area contributed by atoms with Crippen LogP contribution in [0.4, 0.5) is 16.2 Å². The quantitative estimate of drug-likeness (QED) is 0.620. The SMILES string of the molecule is CCOc1ccc(NC(=O)N2CCC3(CC2)Nc2cc(OC)ccc2-n2cccc23)cc1. The second-order valence-electron chi connectivity index (χ2n) is 8.23. The minimum absolute atomic E-state index is 0.0720. The van der Waals surface area contributed by atoms with E-state index in [-0.39, 0.29) is 11.6 Å². The van der Waals surface area contributed by atoms with Gasteiger partial charge in [-0.1, -0.05) is 0 Å². The predicted octanol–water partition coefficient (Wildman–Crippen LogP) is 4.83. The number of ether oxygens (including phenoxy) is 2. The van der Waals surface area contributed by atoms with Crippen LogP contribution in [0, 0.1) is 0 Å². The van der Waals surface area contributed by atoms with Gasteiger partial charge < -0.3 is 29.6 Å². The summed E-state index contributed by atoms with van der Waals surface area (Å²) in [5.74, 6) is 1.63. The van der Waals surface area contributed by atoms with Gasteiger partial charge in [0, 0.05) is 36.7 Å². The Morgan fingerprint density at radius 2 is 1.84 bits per heavy atom. The molecular formula is C25H28N4O3. The van der Waals surface area contributed by atoms with Crippen molar-refractivity contribution in [3.05, 3.63) is 66.5 Å². The maximum absolute atomic E-state index is 12.9. The van der Waals surface area contributed by atoms with Crippen molar-refractivity contribution in [2.75, 3.05) is 37.4 Å². The van der Waals surface area contributed by atoms with Crippen LogP contribution in [0.25, 0.3) is 5.69 Å². The minimum atomic E-state index is -0.210. The van der Waals surface area contributed by atoms with E-state index in [9.17, 15) is 4.79 Å². The lowest BCUT2D eigenvalue weighted by Crippen LogP contribution is -2.51. The molecule has 3 heterocycles. The van der Waals surface area contributed by atoms with Gasteiger partial charge in [0.15, 0.2) is 0 Å². The number of nitrogens with zero attached hydrogens (tertiary/aromatic N) is 2. The number of hydrogen-bond donors (Lipinski definition) is 2. The molecule has 5 rings (SSSR count). The molecule has 2 aromatic carbocycles. The molecule has 0 bridgehead atoms. The summed E-state index contributed by atoms with van der Waals surface area (Å²) in [5.41, 5.74) is 3.97. The summed E-state index contributed by atoms with van der Waals surface area (Å²) in [5, 5.41) is 6.79. The molecular weight excluding hydrogens is 404 g/mol. The van der Waals surface area contributed by atoms with Gasteiger partial charge in [0.2, 0.25) is 0 Å². The Bertz CT molecular complexity index is 1110. The second kappa shape index (κ2) is 8.15. The predicted molar refractivity (Wildman–Crippen MR) is 125 cm³/mol. The lowest BCUT2D eigenvalue weighted by atomic mass is 9.82. The molecule has 7 heteroatoms. The van der Waals surface area contributed by atoms with E-state index in [0.717, 1.165) is 41.4 Å². The number of carbonyl (C=O) groups is 1. The molecule has 1 saturated heterocycles. The molecule has 166 valence electrons. The second-order valence-corrected chi connectivity index (χ2v) is 8.23. The van der Waals surface area contributed by atoms with Crippen molar-refractivity contribution >= 4 is 17.4 Å². The molecule has 1 aromatic heterocycles. The van der Waals surface area contributed by atoms with Crippen LogP contribution >= 0.6 is 0 Å². The van der Waals surface area contributed by atoms with Gasteiger partial charge >= 0.3 is 6.03 Å². The Hall–Kier alpha value is -3.61. The number of nitrogens with one attached hydrogen (secondary N) is 2. The number of fused-ring (bicyclic) bond motifs is 4. The standard InChI is InChI=1S/C25H28N4O3/c1-3-32-19-8-6-18(7-9-19)26-24(30)28-15-12-25(13-16-28)23-5-4-14-29(23)22-11-10-20(31-2)17-21(22)27-25/h4-11,14,17,27H,3,12-13,15-16H2,1-2H3,(H,26,30). The monoisotopic (exact) mass is 432 g/mol. The average molecular weight is 433 g/mol. The highest BCUT2D eigenvalue weighted by Crippen LogP contribution is 2.44. The van der Waals surface area contributed by atoms with Gasteiger partial charge in [-0.3, -0.25) is 0 Å². The number of amides is 2. The highest BCUT2D eigenvalue weighted by molar-refractivity contribution is 5.89. The van der Waals surface area contributed by atoms with Gasteiger partial charge in [-0.05, 0) is 68.3 Å². The van der Waals surface area contributed by atoms with E-state index in [4.69, 9.17) is 9.47 Å². The molecule has 0 atom stereocenters. The molecule has 2 amide bonds. The lowest BCUT2D eigenvalue weighted by molar-refractivity contribution is 0.174. The van der Waals surface area contributed by atoms with Gasteiger partial charge in [0.05, 0.1) is 30.6 Å². The van der Waals surface area contributed by atoms with Gasteiger partial charge in [0.1, 0.15) is 11.5 Å². The molecule has 2 aliphatic heterocycles. The first-order valence-electron chi connectivity index (χ1n) is 11.0. The molecule has 7 nitrogen and oxygen atoms in total. The smallest absolute Gasteiger partial charge is 0.321 e. The molecule has 1 fully saturated rings. The molecule has 0 unspecified atom stereocenters. The minimum Gasteiger partial charge on any atom is -0.497 e. The van der Waals surface area contributed by atoms with Gasteiger partial charge in [-0.15, -0.1) is 0 Å². The zero-order chi connectivity index (χ0) is 22.1. The zero-order valence-corrected chi connectivity index (χ0v) is 18.4. The summed E-state index contributed by atoms with van der Waals surface area (Å²) >= 11 is 0. The van der Waals surface area contributed by atoms with Crippen molar-refractivity contribution in [2.24, 2.45) is 0 Å². The summed E-state index contributed by atoms with van der Waals surface area (Å²) in [6, 6.07) is 17.8. The van der Waals surface area contributed by atoms with Crippen LogP contribution in [0.5, 0.6) is 11.5 Å². The van der Waals surface area contributed by atoms with E-state index < -0.39 is 0 Å². The number of benzene rings is 2. The highest BCUT2D eigenvalue weighted by atomic mass is 16.5. The molecule has 2 aliphatic rings. The number of methoxy groups -OCH3 is 1. The van der Waals surface area contributed by atoms with Crippen LogP contribution in [0.3, 0.4) is 0 Å². The van der Waals surface area contributed by atoms with Crippen molar-refractivity contribution in [1.29, 1.82) is 0 Å². The molecule has 0 aliphatic carbocycles. The van der Waals surface area contributed by atoms with Gasteiger partial charge in [-0.25, -0.2) is 4.79 Å². The lowest BCUT2D eigenvalue weighted by Gasteiger charge is -2.46. The number of carbonyl (C=O) groups excluding carboxylic acids is 1. The Morgan fingerprint density at radius 3 is 2.56 bits per heavy atom. The summed E-state index contributed by atoms with van der Waals surface area (Å²) in [6.45, 7) is 3.91. The maximum atomic E-state index is 12.9. The van der Waals surface area contributed by atoms with E-state index >= 15 is 0 Å². The molecule has 32 heavy (non-hydrogen) atoms. The van der Waals surface area contributed by atoms with E-state index in [2.05, 4.69) is 39.6 Å². The third-order valence-electron chi connectivity index (χ3n) is 6.40. The largest absolute Gasteiger partial charge is 0.497 e. The third-order valence-corrected chi connectivity index (χ3v) is 6.40. The zero-order valence-electron chi connectivity index (χ0n) is 18.4. The van der Waals surface area contributed by atoms with Crippen LogP contribution in [0.1, 0.15) is 25.5 Å². The van der Waals surface area contributed by atoms with Crippen molar-refractivity contribution < 1.29 is 14.3 Å².